The Hall–Kier alpha value is -1.34. The monoisotopic (exact) mass is 245 g/mol. The van der Waals surface area contributed by atoms with E-state index in [0.29, 0.717) is 24.7 Å². The Morgan fingerprint density at radius 3 is 2.62 bits per heavy atom. The van der Waals surface area contributed by atoms with Gasteiger partial charge in [-0.3, -0.25) is 0 Å². The lowest BCUT2D eigenvalue weighted by atomic mass is 10.4. The second-order valence-corrected chi connectivity index (χ2v) is 5.01. The summed E-state index contributed by atoms with van der Waals surface area (Å²) in [4.78, 5) is 4.07. The Morgan fingerprint density at radius 2 is 2.12 bits per heavy atom. The summed E-state index contributed by atoms with van der Waals surface area (Å²) >= 11 is 0. The first-order valence-corrected chi connectivity index (χ1v) is 6.59. The fourth-order valence-electron chi connectivity index (χ4n) is 1.03. The smallest absolute Gasteiger partial charge is 0.208 e. The second-order valence-electron chi connectivity index (χ2n) is 3.18. The first kappa shape index (κ1) is 12.7. The van der Waals surface area contributed by atoms with Crippen molar-refractivity contribution in [3.63, 3.8) is 0 Å². The maximum Gasteiger partial charge on any atom is 0.208 e. The van der Waals surface area contributed by atoms with Crippen LogP contribution in [0.5, 0.6) is 5.75 Å². The van der Waals surface area contributed by atoms with Crippen LogP contribution in [0.3, 0.4) is 0 Å². The highest BCUT2D eigenvalue weighted by molar-refractivity contribution is 7.88. The minimum Gasteiger partial charge on any atom is -0.495 e. The zero-order chi connectivity index (χ0) is 12.0. The number of anilines is 1. The van der Waals surface area contributed by atoms with E-state index >= 15 is 0 Å². The third-order valence-corrected chi connectivity index (χ3v) is 2.50. The molecule has 2 N–H and O–H groups in total. The molecular weight excluding hydrogens is 230 g/mol. The molecule has 0 amide bonds. The summed E-state index contributed by atoms with van der Waals surface area (Å²) in [5.74, 6) is 1.36. The molecule has 0 bridgehead atoms. The van der Waals surface area contributed by atoms with Crippen molar-refractivity contribution >= 4 is 15.8 Å². The number of hydrogen-bond acceptors (Lipinski definition) is 5. The molecule has 0 radical (unpaired) electrons. The van der Waals surface area contributed by atoms with Crippen molar-refractivity contribution in [2.75, 3.05) is 31.8 Å². The predicted molar refractivity (Wildman–Crippen MR) is 62.1 cm³/mol. The molecule has 0 saturated heterocycles. The highest BCUT2D eigenvalue weighted by Crippen LogP contribution is 2.10. The lowest BCUT2D eigenvalue weighted by molar-refractivity contribution is 0.413. The number of nitrogens with zero attached hydrogens (tertiary/aromatic N) is 1. The van der Waals surface area contributed by atoms with Crippen LogP contribution in [0.4, 0.5) is 5.82 Å². The minimum atomic E-state index is -3.12. The molecule has 1 heterocycles. The average molecular weight is 245 g/mol. The van der Waals surface area contributed by atoms with Gasteiger partial charge >= 0.3 is 0 Å². The summed E-state index contributed by atoms with van der Waals surface area (Å²) in [6.07, 6.45) is 2.71. The van der Waals surface area contributed by atoms with Gasteiger partial charge in [0.2, 0.25) is 10.0 Å². The van der Waals surface area contributed by atoms with E-state index in [4.69, 9.17) is 4.74 Å². The molecule has 0 aliphatic rings. The minimum absolute atomic E-state index is 0.326. The maximum atomic E-state index is 10.8. The fraction of sp³-hybridized carbons (Fsp3) is 0.444. The van der Waals surface area contributed by atoms with Crippen LogP contribution < -0.4 is 14.8 Å². The Bertz CT molecular complexity index is 416. The molecule has 0 aromatic carbocycles. The molecule has 16 heavy (non-hydrogen) atoms. The van der Waals surface area contributed by atoms with Crippen molar-refractivity contribution in [2.24, 2.45) is 0 Å². The van der Waals surface area contributed by atoms with Crippen LogP contribution in [0.2, 0.25) is 0 Å². The van der Waals surface area contributed by atoms with Crippen LogP contribution in [0.15, 0.2) is 18.3 Å². The molecule has 0 atom stereocenters. The Balaban J connectivity index is 2.32. The lowest BCUT2D eigenvalue weighted by Gasteiger charge is -2.06. The van der Waals surface area contributed by atoms with E-state index in [9.17, 15) is 8.42 Å². The van der Waals surface area contributed by atoms with Gasteiger partial charge in [-0.1, -0.05) is 0 Å². The second kappa shape index (κ2) is 5.66. The van der Waals surface area contributed by atoms with Crippen molar-refractivity contribution in [1.29, 1.82) is 0 Å². The molecule has 0 spiro atoms. The first-order chi connectivity index (χ1) is 7.51. The van der Waals surface area contributed by atoms with Crippen molar-refractivity contribution in [2.45, 2.75) is 0 Å². The lowest BCUT2D eigenvalue weighted by Crippen LogP contribution is -2.27. The quantitative estimate of drug-likeness (QED) is 0.692. The zero-order valence-corrected chi connectivity index (χ0v) is 10.0. The average Bonchev–Trinajstić information content (AvgIpc) is 2.24. The van der Waals surface area contributed by atoms with Gasteiger partial charge in [-0.15, -0.1) is 0 Å². The molecule has 90 valence electrons. The first-order valence-electron chi connectivity index (χ1n) is 4.70. The molecule has 7 heteroatoms. The summed E-state index contributed by atoms with van der Waals surface area (Å²) in [5, 5.41) is 2.97. The van der Waals surface area contributed by atoms with Crippen LogP contribution in [0, 0.1) is 0 Å². The van der Waals surface area contributed by atoms with Crippen LogP contribution >= 0.6 is 0 Å². The summed E-state index contributed by atoms with van der Waals surface area (Å²) in [6, 6.07) is 3.54. The van der Waals surface area contributed by atoms with E-state index in [-0.39, 0.29) is 0 Å². The van der Waals surface area contributed by atoms with Gasteiger partial charge in [-0.05, 0) is 12.1 Å². The summed E-state index contributed by atoms with van der Waals surface area (Å²) in [7, 11) is -1.55. The topological polar surface area (TPSA) is 80.3 Å². The zero-order valence-electron chi connectivity index (χ0n) is 9.23. The third kappa shape index (κ3) is 4.94. The van der Waals surface area contributed by atoms with Gasteiger partial charge in [-0.25, -0.2) is 18.1 Å². The molecule has 1 rings (SSSR count). The van der Waals surface area contributed by atoms with Crippen LogP contribution in [0.1, 0.15) is 0 Å². The fourth-order valence-corrected chi connectivity index (χ4v) is 1.51. The van der Waals surface area contributed by atoms with Crippen molar-refractivity contribution < 1.29 is 13.2 Å². The normalized spacial score (nSPS) is 11.1. The molecule has 1 aromatic heterocycles. The summed E-state index contributed by atoms with van der Waals surface area (Å²) in [6.45, 7) is 0.805. The number of sulfonamides is 1. The van der Waals surface area contributed by atoms with Crippen LogP contribution in [0.25, 0.3) is 0 Å². The van der Waals surface area contributed by atoms with Crippen molar-refractivity contribution in [3.05, 3.63) is 18.3 Å². The van der Waals surface area contributed by atoms with E-state index in [1.807, 2.05) is 0 Å². The molecule has 0 aliphatic heterocycles. The van der Waals surface area contributed by atoms with Gasteiger partial charge < -0.3 is 10.1 Å². The van der Waals surface area contributed by atoms with E-state index in [0.717, 1.165) is 6.26 Å². The maximum absolute atomic E-state index is 10.8. The third-order valence-electron chi connectivity index (χ3n) is 1.77. The number of aromatic nitrogens is 1. The molecule has 1 aromatic rings. The number of nitrogens with one attached hydrogen (secondary N) is 2. The molecule has 0 saturated carbocycles. The molecular formula is C9H15N3O3S. The Labute approximate surface area is 95.1 Å². The van der Waals surface area contributed by atoms with Gasteiger partial charge in [-0.2, -0.15) is 0 Å². The summed E-state index contributed by atoms with van der Waals surface area (Å²) in [5.41, 5.74) is 0. The Kier molecular flexibility index (Phi) is 4.51. The molecule has 0 unspecified atom stereocenters. The number of rotatable bonds is 6. The predicted octanol–water partition coefficient (Wildman–Crippen LogP) is 0.0513. The van der Waals surface area contributed by atoms with Crippen molar-refractivity contribution in [3.8, 4) is 5.75 Å². The molecule has 6 nitrogen and oxygen atoms in total. The van der Waals surface area contributed by atoms with Gasteiger partial charge in [0.15, 0.2) is 0 Å². The number of ether oxygens (including phenoxy) is 1. The Morgan fingerprint density at radius 1 is 1.38 bits per heavy atom. The SMILES string of the molecule is COc1ccc(NCCNS(C)(=O)=O)nc1. The van der Waals surface area contributed by atoms with E-state index in [1.165, 1.54) is 0 Å². The number of methoxy groups -OCH3 is 1. The van der Waals surface area contributed by atoms with Gasteiger partial charge in [0, 0.05) is 13.1 Å². The highest BCUT2D eigenvalue weighted by Gasteiger charge is 1.99. The summed E-state index contributed by atoms with van der Waals surface area (Å²) < 4.78 is 28.8. The van der Waals surface area contributed by atoms with Gasteiger partial charge in [0.25, 0.3) is 0 Å². The highest BCUT2D eigenvalue weighted by atomic mass is 32.2. The standard InChI is InChI=1S/C9H15N3O3S/c1-15-8-3-4-9(11-7-8)10-5-6-12-16(2,13)14/h3-4,7,12H,5-6H2,1-2H3,(H,10,11). The van der Waals surface area contributed by atoms with E-state index in [2.05, 4.69) is 15.0 Å². The van der Waals surface area contributed by atoms with Crippen molar-refractivity contribution in [1.82, 2.24) is 9.71 Å². The van der Waals surface area contributed by atoms with Gasteiger partial charge in [0.05, 0.1) is 19.6 Å². The number of hydrogen-bond donors (Lipinski definition) is 2. The van der Waals surface area contributed by atoms with E-state index < -0.39 is 10.0 Å². The number of pyridine rings is 1. The van der Waals surface area contributed by atoms with Crippen LogP contribution in [-0.4, -0.2) is 39.9 Å². The van der Waals surface area contributed by atoms with Gasteiger partial charge in [0.1, 0.15) is 11.6 Å². The van der Waals surface area contributed by atoms with Crippen LogP contribution in [-0.2, 0) is 10.0 Å². The van der Waals surface area contributed by atoms with E-state index in [1.54, 1.807) is 25.4 Å². The molecule has 0 aliphatic carbocycles. The molecule has 0 fully saturated rings. The largest absolute Gasteiger partial charge is 0.495 e.